The van der Waals surface area contributed by atoms with E-state index in [1.807, 2.05) is 6.92 Å². The molecule has 1 heterocycles. The van der Waals surface area contributed by atoms with E-state index in [1.165, 1.54) is 12.3 Å². The molecule has 116 valence electrons. The molecule has 0 radical (unpaired) electrons. The smallest absolute Gasteiger partial charge is 0.268 e. The fourth-order valence-corrected chi connectivity index (χ4v) is 3.46. The van der Waals surface area contributed by atoms with Gasteiger partial charge in [0.25, 0.3) is 5.91 Å². The molecule has 0 aromatic carbocycles. The van der Waals surface area contributed by atoms with E-state index < -0.39 is 10.0 Å². The molecule has 3 N–H and O–H groups in total. The van der Waals surface area contributed by atoms with Crippen molar-refractivity contribution < 1.29 is 13.2 Å². The van der Waals surface area contributed by atoms with Crippen molar-refractivity contribution in [3.05, 3.63) is 18.0 Å². The van der Waals surface area contributed by atoms with Gasteiger partial charge in [0.2, 0.25) is 10.0 Å². The number of primary sulfonamides is 1. The van der Waals surface area contributed by atoms with Crippen molar-refractivity contribution in [2.75, 3.05) is 0 Å². The molecule has 7 heteroatoms. The summed E-state index contributed by atoms with van der Waals surface area (Å²) in [4.78, 5) is 12.5. The van der Waals surface area contributed by atoms with Gasteiger partial charge in [-0.15, -0.1) is 0 Å². The number of aromatic nitrogens is 1. The van der Waals surface area contributed by atoms with Crippen LogP contribution in [0.2, 0.25) is 0 Å². The van der Waals surface area contributed by atoms with Crippen LogP contribution in [0, 0.1) is 0 Å². The molecule has 1 amide bonds. The lowest BCUT2D eigenvalue weighted by molar-refractivity contribution is 0.0924. The number of nitrogens with one attached hydrogen (secondary N) is 1. The maximum absolute atomic E-state index is 12.5. The molecule has 1 aromatic rings. The second-order valence-electron chi connectivity index (χ2n) is 6.47. The van der Waals surface area contributed by atoms with Crippen molar-refractivity contribution in [1.29, 1.82) is 0 Å². The van der Waals surface area contributed by atoms with Gasteiger partial charge in [0.1, 0.15) is 10.6 Å². The van der Waals surface area contributed by atoms with E-state index >= 15 is 0 Å². The topological polar surface area (TPSA) is 94.2 Å². The number of nitrogens with zero attached hydrogens (tertiary/aromatic N) is 1. The van der Waals surface area contributed by atoms with E-state index in [-0.39, 0.29) is 22.4 Å². The third-order valence-electron chi connectivity index (χ3n) is 4.52. The van der Waals surface area contributed by atoms with Gasteiger partial charge in [0.05, 0.1) is 0 Å². The molecule has 0 bridgehead atoms. The zero-order valence-corrected chi connectivity index (χ0v) is 12.9. The number of sulfonamides is 1. The SMILES string of the molecule is CC1(NC(=O)c2cc(S(N)(=O)=O)cn2C2CCCC2)CC1. The molecule has 21 heavy (non-hydrogen) atoms. The Labute approximate surface area is 124 Å². The van der Waals surface area contributed by atoms with Gasteiger partial charge in [0.15, 0.2) is 0 Å². The highest BCUT2D eigenvalue weighted by Crippen LogP contribution is 2.36. The Morgan fingerprint density at radius 2 is 2.00 bits per heavy atom. The number of rotatable bonds is 4. The highest BCUT2D eigenvalue weighted by molar-refractivity contribution is 7.89. The quantitative estimate of drug-likeness (QED) is 0.883. The Bertz CT molecular complexity index is 668. The van der Waals surface area contributed by atoms with Gasteiger partial charge < -0.3 is 9.88 Å². The molecule has 0 spiro atoms. The van der Waals surface area contributed by atoms with Gasteiger partial charge >= 0.3 is 0 Å². The van der Waals surface area contributed by atoms with Crippen molar-refractivity contribution >= 4 is 15.9 Å². The van der Waals surface area contributed by atoms with Crippen molar-refractivity contribution in [1.82, 2.24) is 9.88 Å². The van der Waals surface area contributed by atoms with Crippen LogP contribution in [0.4, 0.5) is 0 Å². The third-order valence-corrected chi connectivity index (χ3v) is 5.40. The molecule has 1 aromatic heterocycles. The predicted molar refractivity (Wildman–Crippen MR) is 78.4 cm³/mol. The molecular weight excluding hydrogens is 290 g/mol. The molecule has 3 rings (SSSR count). The fourth-order valence-electron chi connectivity index (χ4n) is 2.93. The molecule has 2 aliphatic rings. The zero-order chi connectivity index (χ0) is 15.3. The normalized spacial score (nSPS) is 21.4. The fraction of sp³-hybridized carbons (Fsp3) is 0.643. The summed E-state index contributed by atoms with van der Waals surface area (Å²) in [5.41, 5.74) is 0.267. The number of hydrogen-bond donors (Lipinski definition) is 2. The molecule has 0 atom stereocenters. The Kier molecular flexibility index (Phi) is 3.37. The molecular formula is C14H21N3O3S. The highest BCUT2D eigenvalue weighted by atomic mass is 32.2. The summed E-state index contributed by atoms with van der Waals surface area (Å²) >= 11 is 0. The number of amides is 1. The van der Waals surface area contributed by atoms with E-state index in [4.69, 9.17) is 5.14 Å². The van der Waals surface area contributed by atoms with E-state index in [0.717, 1.165) is 38.5 Å². The van der Waals surface area contributed by atoms with Crippen LogP contribution in [0.1, 0.15) is 62.0 Å². The van der Waals surface area contributed by atoms with Crippen LogP contribution in [0.15, 0.2) is 17.2 Å². The number of nitrogens with two attached hydrogens (primary N) is 1. The van der Waals surface area contributed by atoms with Crippen LogP contribution >= 0.6 is 0 Å². The van der Waals surface area contributed by atoms with Gasteiger partial charge in [-0.05, 0) is 38.7 Å². The van der Waals surface area contributed by atoms with Gasteiger partial charge in [0, 0.05) is 17.8 Å². The second kappa shape index (κ2) is 4.84. The first-order valence-electron chi connectivity index (χ1n) is 7.36. The highest BCUT2D eigenvalue weighted by Gasteiger charge is 2.39. The van der Waals surface area contributed by atoms with Gasteiger partial charge in [-0.25, -0.2) is 13.6 Å². The first kappa shape index (κ1) is 14.6. The lowest BCUT2D eigenvalue weighted by Gasteiger charge is -2.17. The maximum Gasteiger partial charge on any atom is 0.268 e. The van der Waals surface area contributed by atoms with Crippen molar-refractivity contribution in [2.24, 2.45) is 5.14 Å². The van der Waals surface area contributed by atoms with Crippen LogP contribution in [0.3, 0.4) is 0 Å². The van der Waals surface area contributed by atoms with Gasteiger partial charge in [-0.3, -0.25) is 4.79 Å². The van der Waals surface area contributed by atoms with Crippen LogP contribution in [0.5, 0.6) is 0 Å². The predicted octanol–water partition coefficient (Wildman–Crippen LogP) is 1.53. The molecule has 0 aliphatic heterocycles. The summed E-state index contributed by atoms with van der Waals surface area (Å²) in [6.45, 7) is 1.99. The standard InChI is InChI=1S/C14H21N3O3S/c1-14(6-7-14)16-13(18)12-8-11(21(15,19)20)9-17(12)10-4-2-3-5-10/h8-10H,2-7H2,1H3,(H,16,18)(H2,15,19,20). The van der Waals surface area contributed by atoms with E-state index in [9.17, 15) is 13.2 Å². The molecule has 0 saturated heterocycles. The Morgan fingerprint density at radius 3 is 2.52 bits per heavy atom. The maximum atomic E-state index is 12.5. The van der Waals surface area contributed by atoms with Crippen molar-refractivity contribution in [3.8, 4) is 0 Å². The summed E-state index contributed by atoms with van der Waals surface area (Å²) in [7, 11) is -3.80. The van der Waals surface area contributed by atoms with Crippen LogP contribution in [-0.2, 0) is 10.0 Å². The van der Waals surface area contributed by atoms with Crippen molar-refractivity contribution in [2.45, 2.75) is 61.9 Å². The summed E-state index contributed by atoms with van der Waals surface area (Å²) < 4.78 is 24.9. The first-order chi connectivity index (χ1) is 9.78. The van der Waals surface area contributed by atoms with Gasteiger partial charge in [-0.2, -0.15) is 0 Å². The third kappa shape index (κ3) is 2.98. The molecule has 0 unspecified atom stereocenters. The van der Waals surface area contributed by atoms with Crippen LogP contribution < -0.4 is 10.5 Å². The number of hydrogen-bond acceptors (Lipinski definition) is 3. The minimum atomic E-state index is -3.80. The Balaban J connectivity index is 1.96. The molecule has 2 aliphatic carbocycles. The summed E-state index contributed by atoms with van der Waals surface area (Å²) in [6, 6.07) is 1.59. The number of carbonyl (C=O) groups excluding carboxylic acids is 1. The molecule has 2 saturated carbocycles. The monoisotopic (exact) mass is 311 g/mol. The Hall–Kier alpha value is -1.34. The van der Waals surface area contributed by atoms with E-state index in [2.05, 4.69) is 5.32 Å². The van der Waals surface area contributed by atoms with E-state index in [1.54, 1.807) is 4.57 Å². The van der Waals surface area contributed by atoms with Crippen LogP contribution in [0.25, 0.3) is 0 Å². The minimum absolute atomic E-state index is 0.0144. The van der Waals surface area contributed by atoms with E-state index in [0.29, 0.717) is 5.69 Å². The first-order valence-corrected chi connectivity index (χ1v) is 8.90. The van der Waals surface area contributed by atoms with Crippen LogP contribution in [-0.4, -0.2) is 24.4 Å². The largest absolute Gasteiger partial charge is 0.346 e. The summed E-state index contributed by atoms with van der Waals surface area (Å²) in [6.07, 6.45) is 7.58. The lowest BCUT2D eigenvalue weighted by atomic mass is 10.2. The van der Waals surface area contributed by atoms with Crippen molar-refractivity contribution in [3.63, 3.8) is 0 Å². The molecule has 6 nitrogen and oxygen atoms in total. The molecule has 2 fully saturated rings. The minimum Gasteiger partial charge on any atom is -0.346 e. The average Bonchev–Trinajstić information content (AvgIpc) is 2.90. The average molecular weight is 311 g/mol. The Morgan fingerprint density at radius 1 is 1.38 bits per heavy atom. The van der Waals surface area contributed by atoms with Gasteiger partial charge in [-0.1, -0.05) is 12.8 Å². The second-order valence-corrected chi connectivity index (χ2v) is 8.03. The lowest BCUT2D eigenvalue weighted by Crippen LogP contribution is -2.35. The number of carbonyl (C=O) groups is 1. The summed E-state index contributed by atoms with van der Waals surface area (Å²) in [5.74, 6) is -0.211. The summed E-state index contributed by atoms with van der Waals surface area (Å²) in [5, 5.41) is 8.18. The zero-order valence-electron chi connectivity index (χ0n) is 12.1.